The van der Waals surface area contributed by atoms with Crippen molar-refractivity contribution in [1.29, 1.82) is 0 Å². The lowest BCUT2D eigenvalue weighted by atomic mass is 10.1. The standard InChI is InChI=1S/C5H10O3.CH5N/c1-5(2,8)3-4(6)7;1-2/h8H,3H2,1-2H3,(H,6,7);2H2,1H3. The van der Waals surface area contributed by atoms with E-state index in [1.54, 1.807) is 0 Å². The second kappa shape index (κ2) is 5.20. The van der Waals surface area contributed by atoms with Crippen LogP contribution < -0.4 is 5.73 Å². The Bertz CT molecular complexity index is 95.7. The van der Waals surface area contributed by atoms with E-state index in [4.69, 9.17) is 10.2 Å². The third-order valence-electron chi connectivity index (χ3n) is 0.584. The second-order valence-electron chi connectivity index (χ2n) is 2.38. The third kappa shape index (κ3) is 15.7. The van der Waals surface area contributed by atoms with Crippen LogP contribution in [0.5, 0.6) is 0 Å². The first kappa shape index (κ1) is 12.1. The number of carbonyl (C=O) groups is 1. The van der Waals surface area contributed by atoms with E-state index in [2.05, 4.69) is 5.73 Å². The molecular weight excluding hydrogens is 134 g/mol. The number of hydrogen-bond acceptors (Lipinski definition) is 3. The van der Waals surface area contributed by atoms with Gasteiger partial charge >= 0.3 is 5.97 Å². The summed E-state index contributed by atoms with van der Waals surface area (Å²) in [5, 5.41) is 16.9. The zero-order valence-electron chi connectivity index (χ0n) is 6.59. The summed E-state index contributed by atoms with van der Waals surface area (Å²) in [5.41, 5.74) is 3.42. The Morgan fingerprint density at radius 1 is 1.50 bits per heavy atom. The Labute approximate surface area is 60.7 Å². The van der Waals surface area contributed by atoms with Gasteiger partial charge in [-0.2, -0.15) is 0 Å². The first-order chi connectivity index (χ1) is 4.42. The molecule has 0 spiro atoms. The van der Waals surface area contributed by atoms with Gasteiger partial charge in [0.15, 0.2) is 0 Å². The van der Waals surface area contributed by atoms with Gasteiger partial charge in [0, 0.05) is 0 Å². The van der Waals surface area contributed by atoms with E-state index in [0.29, 0.717) is 0 Å². The van der Waals surface area contributed by atoms with Gasteiger partial charge in [0.2, 0.25) is 0 Å². The lowest BCUT2D eigenvalue weighted by Crippen LogP contribution is -2.22. The van der Waals surface area contributed by atoms with Crippen molar-refractivity contribution < 1.29 is 15.0 Å². The molecule has 0 atom stereocenters. The smallest absolute Gasteiger partial charge is 0.306 e. The molecule has 0 saturated heterocycles. The summed E-state index contributed by atoms with van der Waals surface area (Å²) < 4.78 is 0. The fraction of sp³-hybridized carbons (Fsp3) is 0.833. The normalized spacial score (nSPS) is 9.70. The van der Waals surface area contributed by atoms with Crippen LogP contribution >= 0.6 is 0 Å². The maximum atomic E-state index is 9.85. The van der Waals surface area contributed by atoms with Crippen molar-refractivity contribution in [2.75, 3.05) is 7.05 Å². The van der Waals surface area contributed by atoms with E-state index < -0.39 is 11.6 Å². The van der Waals surface area contributed by atoms with Gasteiger partial charge in [0.25, 0.3) is 0 Å². The lowest BCUT2D eigenvalue weighted by molar-refractivity contribution is -0.141. The Morgan fingerprint density at radius 3 is 1.80 bits per heavy atom. The summed E-state index contributed by atoms with van der Waals surface area (Å²) >= 11 is 0. The van der Waals surface area contributed by atoms with Crippen molar-refractivity contribution >= 4 is 5.97 Å². The fourth-order valence-corrected chi connectivity index (χ4v) is 0.370. The zero-order valence-corrected chi connectivity index (χ0v) is 6.59. The minimum Gasteiger partial charge on any atom is -0.481 e. The summed E-state index contributed by atoms with van der Waals surface area (Å²) in [5.74, 6) is -0.975. The highest BCUT2D eigenvalue weighted by atomic mass is 16.4. The molecule has 62 valence electrons. The van der Waals surface area contributed by atoms with E-state index >= 15 is 0 Å². The van der Waals surface area contributed by atoms with Crippen molar-refractivity contribution in [2.24, 2.45) is 5.73 Å². The molecule has 0 radical (unpaired) electrons. The highest BCUT2D eigenvalue weighted by Crippen LogP contribution is 2.05. The van der Waals surface area contributed by atoms with Crippen LogP contribution in [0.25, 0.3) is 0 Å². The number of carboxylic acid groups (broad SMARTS) is 1. The molecule has 0 saturated carbocycles. The van der Waals surface area contributed by atoms with Crippen molar-refractivity contribution in [2.45, 2.75) is 25.9 Å². The van der Waals surface area contributed by atoms with Crippen LogP contribution in [-0.2, 0) is 4.79 Å². The topological polar surface area (TPSA) is 83.5 Å². The summed E-state index contributed by atoms with van der Waals surface area (Å²) in [6.45, 7) is 2.92. The lowest BCUT2D eigenvalue weighted by Gasteiger charge is -2.12. The molecule has 4 N–H and O–H groups in total. The molecule has 0 rings (SSSR count). The van der Waals surface area contributed by atoms with E-state index in [1.165, 1.54) is 20.9 Å². The minimum absolute atomic E-state index is 0.201. The molecule has 0 fully saturated rings. The highest BCUT2D eigenvalue weighted by Gasteiger charge is 2.16. The van der Waals surface area contributed by atoms with Gasteiger partial charge in [0.1, 0.15) is 0 Å². The molecule has 0 aliphatic carbocycles. The molecule has 0 amide bonds. The van der Waals surface area contributed by atoms with Gasteiger partial charge < -0.3 is 15.9 Å². The molecule has 0 heterocycles. The molecule has 0 bridgehead atoms. The van der Waals surface area contributed by atoms with Gasteiger partial charge in [0.05, 0.1) is 12.0 Å². The van der Waals surface area contributed by atoms with Crippen molar-refractivity contribution in [3.05, 3.63) is 0 Å². The molecular formula is C6H15NO3. The number of rotatable bonds is 2. The Balaban J connectivity index is 0. The number of aliphatic carboxylic acids is 1. The molecule has 0 aromatic carbocycles. The van der Waals surface area contributed by atoms with Crippen LogP contribution in [-0.4, -0.2) is 28.8 Å². The van der Waals surface area contributed by atoms with Crippen LogP contribution in [0.1, 0.15) is 20.3 Å². The quantitative estimate of drug-likeness (QED) is 0.508. The summed E-state index contributed by atoms with van der Waals surface area (Å²) in [6, 6.07) is 0. The summed E-state index contributed by atoms with van der Waals surface area (Å²) in [4.78, 5) is 9.85. The number of aliphatic hydroxyl groups is 1. The van der Waals surface area contributed by atoms with Gasteiger partial charge in [-0.05, 0) is 20.9 Å². The zero-order chi connectivity index (χ0) is 8.78. The van der Waals surface area contributed by atoms with Gasteiger partial charge in [-0.1, -0.05) is 0 Å². The Morgan fingerprint density at radius 2 is 1.80 bits per heavy atom. The van der Waals surface area contributed by atoms with Crippen LogP contribution in [0.4, 0.5) is 0 Å². The SMILES string of the molecule is CC(C)(O)CC(=O)O.CN. The van der Waals surface area contributed by atoms with Gasteiger partial charge in [-0.25, -0.2) is 0 Å². The first-order valence-electron chi connectivity index (χ1n) is 2.94. The molecule has 0 unspecified atom stereocenters. The molecule has 0 aromatic heterocycles. The number of nitrogens with two attached hydrogens (primary N) is 1. The van der Waals surface area contributed by atoms with E-state index in [1.807, 2.05) is 0 Å². The third-order valence-corrected chi connectivity index (χ3v) is 0.584. The maximum absolute atomic E-state index is 9.85. The van der Waals surface area contributed by atoms with Crippen molar-refractivity contribution in [3.8, 4) is 0 Å². The molecule has 4 heteroatoms. The maximum Gasteiger partial charge on any atom is 0.306 e. The van der Waals surface area contributed by atoms with Crippen LogP contribution in [0, 0.1) is 0 Å². The predicted octanol–water partition coefficient (Wildman–Crippen LogP) is -0.193. The molecule has 10 heavy (non-hydrogen) atoms. The van der Waals surface area contributed by atoms with Crippen LogP contribution in [0.3, 0.4) is 0 Å². The Kier molecular flexibility index (Phi) is 6.29. The van der Waals surface area contributed by atoms with Crippen LogP contribution in [0.15, 0.2) is 0 Å². The van der Waals surface area contributed by atoms with Crippen molar-refractivity contribution in [3.63, 3.8) is 0 Å². The predicted molar refractivity (Wildman–Crippen MR) is 38.7 cm³/mol. The molecule has 0 aliphatic heterocycles. The summed E-state index contributed by atoms with van der Waals surface area (Å²) in [7, 11) is 1.50. The highest BCUT2D eigenvalue weighted by molar-refractivity contribution is 5.67. The Hall–Kier alpha value is -0.610. The molecule has 0 aliphatic rings. The van der Waals surface area contributed by atoms with Crippen LogP contribution in [0.2, 0.25) is 0 Å². The average molecular weight is 149 g/mol. The minimum atomic E-state index is -1.08. The number of hydrogen-bond donors (Lipinski definition) is 3. The largest absolute Gasteiger partial charge is 0.481 e. The average Bonchev–Trinajstić information content (AvgIpc) is 1.64. The molecule has 0 aromatic rings. The van der Waals surface area contributed by atoms with Gasteiger partial charge in [-0.15, -0.1) is 0 Å². The number of carboxylic acids is 1. The van der Waals surface area contributed by atoms with Gasteiger partial charge in [-0.3, -0.25) is 4.79 Å². The monoisotopic (exact) mass is 149 g/mol. The van der Waals surface area contributed by atoms with E-state index in [0.717, 1.165) is 0 Å². The molecule has 4 nitrogen and oxygen atoms in total. The van der Waals surface area contributed by atoms with E-state index in [9.17, 15) is 4.79 Å². The van der Waals surface area contributed by atoms with Crippen molar-refractivity contribution in [1.82, 2.24) is 0 Å². The summed E-state index contributed by atoms with van der Waals surface area (Å²) in [6.07, 6.45) is -0.201. The second-order valence-corrected chi connectivity index (χ2v) is 2.38. The van der Waals surface area contributed by atoms with E-state index in [-0.39, 0.29) is 6.42 Å². The fourth-order valence-electron chi connectivity index (χ4n) is 0.370. The first-order valence-corrected chi connectivity index (χ1v) is 2.94.